The molecule has 0 aliphatic heterocycles. The molecule has 0 saturated heterocycles. The fourth-order valence-corrected chi connectivity index (χ4v) is 0.763. The van der Waals surface area contributed by atoms with Crippen LogP contribution in [0.15, 0.2) is 0 Å². The number of carbonyl (C=O) groups is 2. The van der Waals surface area contributed by atoms with Gasteiger partial charge in [-0.05, 0) is 20.8 Å². The summed E-state index contributed by atoms with van der Waals surface area (Å²) in [6.07, 6.45) is 0. The minimum atomic E-state index is -0.749. The molecule has 0 saturated carbocycles. The summed E-state index contributed by atoms with van der Waals surface area (Å²) in [7, 11) is 0. The molecule has 0 aliphatic carbocycles. The van der Waals surface area contributed by atoms with Crippen molar-refractivity contribution in [2.24, 2.45) is 5.41 Å². The molecule has 3 nitrogen and oxygen atoms in total. The zero-order valence-corrected chi connectivity index (χ0v) is 8.54. The van der Waals surface area contributed by atoms with Crippen LogP contribution in [0.2, 0.25) is 0 Å². The third kappa shape index (κ3) is 2.70. The molecule has 0 radical (unpaired) electrons. The van der Waals surface area contributed by atoms with E-state index in [0.29, 0.717) is 0 Å². The van der Waals surface area contributed by atoms with Crippen molar-refractivity contribution in [3.05, 3.63) is 0 Å². The molecule has 0 aromatic heterocycles. The molecule has 12 heavy (non-hydrogen) atoms. The number of ketones is 1. The van der Waals surface area contributed by atoms with Crippen molar-refractivity contribution in [1.82, 2.24) is 5.32 Å². The van der Waals surface area contributed by atoms with Crippen molar-refractivity contribution >= 4 is 28.9 Å². The number of nitrogens with one attached hydrogen (secondary N) is 1. The lowest BCUT2D eigenvalue weighted by atomic mass is 9.89. The third-order valence-electron chi connectivity index (χ3n) is 1.74. The molecule has 0 heterocycles. The van der Waals surface area contributed by atoms with Crippen LogP contribution in [0.4, 0.5) is 0 Å². The lowest BCUT2D eigenvalue weighted by Gasteiger charge is -2.21. The first kappa shape index (κ1) is 11.2. The maximum Gasteiger partial charge on any atom is 0.221 e. The van der Waals surface area contributed by atoms with Gasteiger partial charge in [-0.1, -0.05) is 12.2 Å². The van der Waals surface area contributed by atoms with Gasteiger partial charge in [-0.15, -0.1) is 0 Å². The van der Waals surface area contributed by atoms with E-state index in [1.807, 2.05) is 0 Å². The van der Waals surface area contributed by atoms with E-state index in [2.05, 4.69) is 5.32 Å². The number of hydrogen-bond donors (Lipinski definition) is 1. The van der Waals surface area contributed by atoms with Gasteiger partial charge in [-0.3, -0.25) is 9.59 Å². The highest BCUT2D eigenvalue weighted by Crippen LogP contribution is 2.17. The zero-order chi connectivity index (χ0) is 9.94. The van der Waals surface area contributed by atoms with Gasteiger partial charge in [-0.25, -0.2) is 0 Å². The van der Waals surface area contributed by atoms with Crippen molar-refractivity contribution < 1.29 is 9.59 Å². The Morgan fingerprint density at radius 2 is 1.67 bits per heavy atom. The predicted molar refractivity (Wildman–Crippen MR) is 50.9 cm³/mol. The fourth-order valence-electron chi connectivity index (χ4n) is 0.476. The molecule has 0 aromatic rings. The van der Waals surface area contributed by atoms with E-state index < -0.39 is 5.41 Å². The maximum atomic E-state index is 11.0. The molecule has 0 bridgehead atoms. The Morgan fingerprint density at radius 3 is 1.92 bits per heavy atom. The molecular formula is C8H13NO2S. The van der Waals surface area contributed by atoms with Crippen molar-refractivity contribution in [1.29, 1.82) is 0 Å². The van der Waals surface area contributed by atoms with Crippen LogP contribution in [-0.2, 0) is 9.59 Å². The standard InChI is InChI=1S/C8H13NO2S/c1-5(10)8(3,4)7(12)9-6(2)11/h1-4H3,(H,9,11,12). The summed E-state index contributed by atoms with van der Waals surface area (Å²) in [5, 5.41) is 2.44. The molecule has 0 fully saturated rings. The van der Waals surface area contributed by atoms with Crippen LogP contribution in [0.25, 0.3) is 0 Å². The molecular weight excluding hydrogens is 174 g/mol. The van der Waals surface area contributed by atoms with Gasteiger partial charge in [-0.2, -0.15) is 0 Å². The summed E-state index contributed by atoms with van der Waals surface area (Å²) in [5.74, 6) is -0.296. The van der Waals surface area contributed by atoms with E-state index in [1.165, 1.54) is 13.8 Å². The van der Waals surface area contributed by atoms with Gasteiger partial charge in [0.05, 0.1) is 10.4 Å². The van der Waals surface area contributed by atoms with Crippen LogP contribution in [-0.4, -0.2) is 16.7 Å². The molecule has 1 N–H and O–H groups in total. The van der Waals surface area contributed by atoms with Crippen molar-refractivity contribution in [3.63, 3.8) is 0 Å². The molecule has 0 aromatic carbocycles. The van der Waals surface area contributed by atoms with Crippen LogP contribution in [0, 0.1) is 5.41 Å². The largest absolute Gasteiger partial charge is 0.320 e. The second-order valence-electron chi connectivity index (χ2n) is 3.19. The fraction of sp³-hybridized carbons (Fsp3) is 0.625. The minimum Gasteiger partial charge on any atom is -0.320 e. The number of hydrogen-bond acceptors (Lipinski definition) is 3. The van der Waals surface area contributed by atoms with Crippen LogP contribution < -0.4 is 5.32 Å². The van der Waals surface area contributed by atoms with Gasteiger partial charge in [0.2, 0.25) is 5.91 Å². The number of amides is 1. The monoisotopic (exact) mass is 187 g/mol. The number of thiocarbonyl (C=S) groups is 1. The molecule has 4 heteroatoms. The van der Waals surface area contributed by atoms with Gasteiger partial charge < -0.3 is 5.32 Å². The summed E-state index contributed by atoms with van der Waals surface area (Å²) >= 11 is 4.89. The third-order valence-corrected chi connectivity index (χ3v) is 2.35. The van der Waals surface area contributed by atoms with E-state index >= 15 is 0 Å². The van der Waals surface area contributed by atoms with Gasteiger partial charge in [0.1, 0.15) is 5.78 Å². The van der Waals surface area contributed by atoms with Gasteiger partial charge in [0.15, 0.2) is 0 Å². The first-order valence-electron chi connectivity index (χ1n) is 3.61. The van der Waals surface area contributed by atoms with Crippen molar-refractivity contribution in [3.8, 4) is 0 Å². The van der Waals surface area contributed by atoms with Crippen LogP contribution in [0.3, 0.4) is 0 Å². The van der Waals surface area contributed by atoms with E-state index in [9.17, 15) is 9.59 Å². The molecule has 0 spiro atoms. The van der Waals surface area contributed by atoms with E-state index in [4.69, 9.17) is 12.2 Å². The average molecular weight is 187 g/mol. The molecule has 0 rings (SSSR count). The highest BCUT2D eigenvalue weighted by atomic mass is 32.1. The Bertz CT molecular complexity index is 233. The van der Waals surface area contributed by atoms with Crippen LogP contribution in [0.1, 0.15) is 27.7 Å². The Labute approximate surface area is 77.5 Å². The van der Waals surface area contributed by atoms with Gasteiger partial charge >= 0.3 is 0 Å². The molecule has 0 atom stereocenters. The molecule has 0 aliphatic rings. The normalized spacial score (nSPS) is 10.7. The summed E-state index contributed by atoms with van der Waals surface area (Å²) in [4.78, 5) is 21.9. The zero-order valence-electron chi connectivity index (χ0n) is 7.72. The lowest BCUT2D eigenvalue weighted by Crippen LogP contribution is -2.41. The average Bonchev–Trinajstić information content (AvgIpc) is 1.85. The van der Waals surface area contributed by atoms with Crippen molar-refractivity contribution in [2.75, 3.05) is 0 Å². The lowest BCUT2D eigenvalue weighted by molar-refractivity contribution is -0.122. The minimum absolute atomic E-state index is 0.0544. The summed E-state index contributed by atoms with van der Waals surface area (Å²) < 4.78 is 0. The number of rotatable bonds is 2. The first-order chi connectivity index (χ1) is 5.28. The van der Waals surface area contributed by atoms with E-state index in [0.717, 1.165) is 0 Å². The highest BCUT2D eigenvalue weighted by Gasteiger charge is 2.29. The summed E-state index contributed by atoms with van der Waals surface area (Å²) in [6.45, 7) is 6.19. The molecule has 68 valence electrons. The maximum absolute atomic E-state index is 11.0. The molecule has 1 amide bonds. The Morgan fingerprint density at radius 1 is 1.25 bits per heavy atom. The number of Topliss-reactive ketones (excluding diaryl/α,β-unsaturated/α-hetero) is 1. The summed E-state index contributed by atoms with van der Waals surface area (Å²) in [6, 6.07) is 0. The van der Waals surface area contributed by atoms with Crippen LogP contribution >= 0.6 is 12.2 Å². The predicted octanol–water partition coefficient (Wildman–Crippen LogP) is 1.07. The Balaban J connectivity index is 4.47. The Hall–Kier alpha value is -0.770. The quantitative estimate of drug-likeness (QED) is 0.658. The van der Waals surface area contributed by atoms with E-state index in [1.54, 1.807) is 13.8 Å². The van der Waals surface area contributed by atoms with E-state index in [-0.39, 0.29) is 16.7 Å². The van der Waals surface area contributed by atoms with Crippen LogP contribution in [0.5, 0.6) is 0 Å². The van der Waals surface area contributed by atoms with Gasteiger partial charge in [0, 0.05) is 6.92 Å². The smallest absolute Gasteiger partial charge is 0.221 e. The second-order valence-corrected chi connectivity index (χ2v) is 3.60. The van der Waals surface area contributed by atoms with Crippen molar-refractivity contribution in [2.45, 2.75) is 27.7 Å². The SMILES string of the molecule is CC(=O)NC(=S)C(C)(C)C(C)=O. The summed E-state index contributed by atoms with van der Waals surface area (Å²) in [5.41, 5.74) is -0.749. The highest BCUT2D eigenvalue weighted by molar-refractivity contribution is 7.80. The second kappa shape index (κ2) is 3.76. The number of carbonyl (C=O) groups excluding carboxylic acids is 2. The Kier molecular flexibility index (Phi) is 3.52. The topological polar surface area (TPSA) is 46.2 Å². The van der Waals surface area contributed by atoms with Gasteiger partial charge in [0.25, 0.3) is 0 Å². The molecule has 0 unspecified atom stereocenters. The first-order valence-corrected chi connectivity index (χ1v) is 4.02.